The van der Waals surface area contributed by atoms with Crippen molar-refractivity contribution >= 4 is 21.9 Å². The molecular formula is C10H10N2O5S. The molecule has 0 aliphatic carbocycles. The van der Waals surface area contributed by atoms with Crippen molar-refractivity contribution in [3.8, 4) is 0 Å². The summed E-state index contributed by atoms with van der Waals surface area (Å²) < 4.78 is 37.4. The third kappa shape index (κ3) is 2.02. The molecular weight excluding hydrogens is 260 g/mol. The number of likely N-dealkylation sites (N-methyl/N-ethyl adjacent to an activating group) is 1. The lowest BCUT2D eigenvalue weighted by Gasteiger charge is -2.21. The van der Waals surface area contributed by atoms with Gasteiger partial charge in [-0.2, -0.15) is 8.42 Å². The molecule has 7 nitrogen and oxygen atoms in total. The van der Waals surface area contributed by atoms with Gasteiger partial charge in [-0.3, -0.25) is 0 Å². The Hall–Kier alpha value is -2.09. The zero-order valence-electron chi connectivity index (χ0n) is 9.65. The van der Waals surface area contributed by atoms with Crippen molar-refractivity contribution in [2.75, 3.05) is 14.2 Å². The molecule has 1 aromatic rings. The minimum Gasteiger partial charge on any atom is -0.464 e. The Kier molecular flexibility index (Phi) is 2.95. The molecule has 0 N–H and O–H groups in total. The SMILES string of the molecule is COC(=O)C1=CC(c2ccco2)=NS(=O)(=O)N1C. The fourth-order valence-corrected chi connectivity index (χ4v) is 2.28. The molecule has 0 bridgehead atoms. The van der Waals surface area contributed by atoms with Crippen molar-refractivity contribution in [3.63, 3.8) is 0 Å². The maximum absolute atomic E-state index is 11.8. The Labute approximate surface area is 104 Å². The summed E-state index contributed by atoms with van der Waals surface area (Å²) in [7, 11) is -1.56. The van der Waals surface area contributed by atoms with E-state index in [-0.39, 0.29) is 17.2 Å². The first-order valence-electron chi connectivity index (χ1n) is 4.88. The first-order valence-corrected chi connectivity index (χ1v) is 6.28. The van der Waals surface area contributed by atoms with Gasteiger partial charge in [-0.15, -0.1) is 4.40 Å². The van der Waals surface area contributed by atoms with Crippen LogP contribution in [0.15, 0.2) is 39.0 Å². The average Bonchev–Trinajstić information content (AvgIpc) is 2.85. The van der Waals surface area contributed by atoms with E-state index in [4.69, 9.17) is 4.42 Å². The predicted octanol–water partition coefficient (Wildman–Crippen LogP) is 0.316. The summed E-state index contributed by atoms with van der Waals surface area (Å²) >= 11 is 0. The Morgan fingerprint density at radius 1 is 1.50 bits per heavy atom. The Bertz CT molecular complexity index is 627. The number of allylic oxidation sites excluding steroid dienone is 1. The number of ether oxygens (including phenoxy) is 1. The molecule has 0 saturated carbocycles. The van der Waals surface area contributed by atoms with Crippen LogP contribution in [0.5, 0.6) is 0 Å². The van der Waals surface area contributed by atoms with E-state index in [0.29, 0.717) is 0 Å². The highest BCUT2D eigenvalue weighted by atomic mass is 32.2. The minimum atomic E-state index is -3.95. The maximum Gasteiger partial charge on any atom is 0.355 e. The molecule has 0 radical (unpaired) electrons. The smallest absolute Gasteiger partial charge is 0.355 e. The summed E-state index contributed by atoms with van der Waals surface area (Å²) in [6, 6.07) is 3.14. The Morgan fingerprint density at radius 3 is 2.78 bits per heavy atom. The molecule has 1 aromatic heterocycles. The van der Waals surface area contributed by atoms with Crippen LogP contribution in [0.4, 0.5) is 0 Å². The second-order valence-corrected chi connectivity index (χ2v) is 5.05. The molecule has 96 valence electrons. The lowest BCUT2D eigenvalue weighted by molar-refractivity contribution is -0.137. The van der Waals surface area contributed by atoms with Gasteiger partial charge in [0.15, 0.2) is 5.76 Å². The van der Waals surface area contributed by atoms with Gasteiger partial charge in [0.1, 0.15) is 11.4 Å². The molecule has 18 heavy (non-hydrogen) atoms. The summed E-state index contributed by atoms with van der Waals surface area (Å²) in [5.41, 5.74) is -0.0719. The monoisotopic (exact) mass is 270 g/mol. The van der Waals surface area contributed by atoms with Gasteiger partial charge in [0.25, 0.3) is 0 Å². The lowest BCUT2D eigenvalue weighted by Crippen LogP contribution is -2.33. The largest absolute Gasteiger partial charge is 0.464 e. The van der Waals surface area contributed by atoms with E-state index in [2.05, 4.69) is 9.13 Å². The van der Waals surface area contributed by atoms with Gasteiger partial charge in [0.05, 0.1) is 13.4 Å². The van der Waals surface area contributed by atoms with Crippen molar-refractivity contribution < 1.29 is 22.4 Å². The molecule has 2 heterocycles. The van der Waals surface area contributed by atoms with Crippen LogP contribution >= 0.6 is 0 Å². The molecule has 1 aliphatic rings. The van der Waals surface area contributed by atoms with Crippen molar-refractivity contribution in [1.29, 1.82) is 0 Å². The van der Waals surface area contributed by atoms with Gasteiger partial charge in [0.2, 0.25) is 0 Å². The topological polar surface area (TPSA) is 89.2 Å². The molecule has 2 rings (SSSR count). The van der Waals surface area contributed by atoms with Crippen LogP contribution in [0.25, 0.3) is 0 Å². The van der Waals surface area contributed by atoms with Crippen molar-refractivity contribution in [2.45, 2.75) is 0 Å². The quantitative estimate of drug-likeness (QED) is 0.722. The van der Waals surface area contributed by atoms with E-state index >= 15 is 0 Å². The van der Waals surface area contributed by atoms with Crippen LogP contribution in [0.1, 0.15) is 5.76 Å². The van der Waals surface area contributed by atoms with Gasteiger partial charge < -0.3 is 9.15 Å². The second kappa shape index (κ2) is 4.30. The minimum absolute atomic E-state index is 0.0542. The van der Waals surface area contributed by atoms with Crippen LogP contribution < -0.4 is 0 Å². The number of carbonyl (C=O) groups is 1. The highest BCUT2D eigenvalue weighted by Crippen LogP contribution is 2.20. The number of carbonyl (C=O) groups excluding carboxylic acids is 1. The summed E-state index contributed by atoms with van der Waals surface area (Å²) in [6.07, 6.45) is 2.68. The van der Waals surface area contributed by atoms with Crippen LogP contribution in [-0.4, -0.2) is 38.6 Å². The highest BCUT2D eigenvalue weighted by molar-refractivity contribution is 7.88. The van der Waals surface area contributed by atoms with E-state index in [1.807, 2.05) is 0 Å². The third-order valence-electron chi connectivity index (χ3n) is 2.34. The average molecular weight is 270 g/mol. The van der Waals surface area contributed by atoms with Crippen LogP contribution in [0.3, 0.4) is 0 Å². The first kappa shape index (κ1) is 12.4. The predicted molar refractivity (Wildman–Crippen MR) is 62.0 cm³/mol. The number of furan rings is 1. The van der Waals surface area contributed by atoms with Gasteiger partial charge in [-0.25, -0.2) is 9.10 Å². The van der Waals surface area contributed by atoms with Crippen molar-refractivity contribution in [2.24, 2.45) is 4.40 Å². The van der Waals surface area contributed by atoms with Crippen molar-refractivity contribution in [1.82, 2.24) is 4.31 Å². The van der Waals surface area contributed by atoms with Gasteiger partial charge in [-0.05, 0) is 12.1 Å². The fourth-order valence-electron chi connectivity index (χ4n) is 1.39. The number of hydrogen-bond acceptors (Lipinski definition) is 5. The van der Waals surface area contributed by atoms with E-state index in [1.54, 1.807) is 12.1 Å². The fraction of sp³-hybridized carbons (Fsp3) is 0.200. The number of nitrogens with zero attached hydrogens (tertiary/aromatic N) is 2. The summed E-state index contributed by atoms with van der Waals surface area (Å²) in [5, 5.41) is 0. The maximum atomic E-state index is 11.8. The van der Waals surface area contributed by atoms with Crippen LogP contribution in [-0.2, 0) is 19.7 Å². The normalized spacial score (nSPS) is 18.0. The second-order valence-electron chi connectivity index (χ2n) is 3.42. The lowest BCUT2D eigenvalue weighted by atomic mass is 10.2. The number of rotatable bonds is 2. The summed E-state index contributed by atoms with van der Waals surface area (Å²) in [6.45, 7) is 0. The summed E-state index contributed by atoms with van der Waals surface area (Å²) in [4.78, 5) is 11.5. The first-order chi connectivity index (χ1) is 8.45. The number of hydrogen-bond donors (Lipinski definition) is 0. The standard InChI is InChI=1S/C10H10N2O5S/c1-12-8(10(13)16-2)6-7(11-18(12,14)15)9-4-3-5-17-9/h3-6H,1-2H3. The van der Waals surface area contributed by atoms with Crippen LogP contribution in [0.2, 0.25) is 0 Å². The van der Waals surface area contributed by atoms with Gasteiger partial charge in [0, 0.05) is 13.1 Å². The van der Waals surface area contributed by atoms with Gasteiger partial charge >= 0.3 is 16.2 Å². The van der Waals surface area contributed by atoms with E-state index in [9.17, 15) is 13.2 Å². The highest BCUT2D eigenvalue weighted by Gasteiger charge is 2.31. The number of methoxy groups -OCH3 is 1. The van der Waals surface area contributed by atoms with Crippen molar-refractivity contribution in [3.05, 3.63) is 35.9 Å². The third-order valence-corrected chi connectivity index (χ3v) is 3.66. The van der Waals surface area contributed by atoms with E-state index in [0.717, 1.165) is 4.31 Å². The van der Waals surface area contributed by atoms with Crippen LogP contribution in [0, 0.1) is 0 Å². The molecule has 0 aromatic carbocycles. The molecule has 0 atom stereocenters. The Balaban J connectivity index is 2.55. The van der Waals surface area contributed by atoms with Gasteiger partial charge in [-0.1, -0.05) is 0 Å². The molecule has 0 saturated heterocycles. The molecule has 1 aliphatic heterocycles. The summed E-state index contributed by atoms with van der Waals surface area (Å²) in [5.74, 6) is -0.506. The molecule has 0 spiro atoms. The zero-order chi connectivity index (χ0) is 13.3. The Morgan fingerprint density at radius 2 is 2.22 bits per heavy atom. The number of esters is 1. The molecule has 0 fully saturated rings. The molecule has 8 heteroatoms. The van der Waals surface area contributed by atoms with E-state index in [1.165, 1.54) is 26.5 Å². The van der Waals surface area contributed by atoms with E-state index < -0.39 is 16.2 Å². The molecule has 0 unspecified atom stereocenters. The zero-order valence-corrected chi connectivity index (χ0v) is 10.5. The molecule has 0 amide bonds.